The van der Waals surface area contributed by atoms with Crippen molar-refractivity contribution in [1.82, 2.24) is 19.2 Å². The molecule has 36 heavy (non-hydrogen) atoms. The number of nitrogens with zero attached hydrogens (tertiary/aromatic N) is 4. The zero-order valence-electron chi connectivity index (χ0n) is 20.9. The van der Waals surface area contributed by atoms with Gasteiger partial charge in [0.1, 0.15) is 10.7 Å². The Labute approximate surface area is 213 Å². The lowest BCUT2D eigenvalue weighted by molar-refractivity contribution is 0.0949. The first-order chi connectivity index (χ1) is 17.5. The molecule has 8 nitrogen and oxygen atoms in total. The Balaban J connectivity index is 1.43. The van der Waals surface area contributed by atoms with Crippen LogP contribution in [0.1, 0.15) is 61.6 Å². The lowest BCUT2D eigenvalue weighted by atomic mass is 10.1. The second-order valence-electron chi connectivity index (χ2n) is 9.64. The molecular formula is C27H35N5O3S. The van der Waals surface area contributed by atoms with Crippen LogP contribution in [-0.2, 0) is 23.1 Å². The Kier molecular flexibility index (Phi) is 7.29. The fraction of sp³-hybridized carbons (Fsp3) is 0.481. The van der Waals surface area contributed by atoms with Gasteiger partial charge in [0.15, 0.2) is 0 Å². The van der Waals surface area contributed by atoms with E-state index in [9.17, 15) is 13.2 Å². The lowest BCUT2D eigenvalue weighted by Crippen LogP contribution is -2.38. The third kappa shape index (κ3) is 4.86. The fourth-order valence-corrected chi connectivity index (χ4v) is 7.13. The summed E-state index contributed by atoms with van der Waals surface area (Å²) in [6.07, 6.45) is 6.05. The smallest absolute Gasteiger partial charge is 0.251 e. The minimum atomic E-state index is -3.70. The molecule has 1 N–H and O–H groups in total. The minimum absolute atomic E-state index is 0.250. The maximum absolute atomic E-state index is 13.7. The normalized spacial score (nSPS) is 17.4. The molecule has 3 aromatic rings. The van der Waals surface area contributed by atoms with Crippen molar-refractivity contribution in [2.75, 3.05) is 31.1 Å². The summed E-state index contributed by atoms with van der Waals surface area (Å²) in [7, 11) is -3.70. The van der Waals surface area contributed by atoms with Crippen LogP contribution in [0.2, 0.25) is 0 Å². The van der Waals surface area contributed by atoms with Gasteiger partial charge in [0.25, 0.3) is 5.91 Å². The van der Waals surface area contributed by atoms with Crippen molar-refractivity contribution in [3.63, 3.8) is 0 Å². The van der Waals surface area contributed by atoms with Crippen molar-refractivity contribution in [2.24, 2.45) is 0 Å². The largest absolute Gasteiger partial charge is 0.370 e. The molecule has 0 saturated carbocycles. The van der Waals surface area contributed by atoms with E-state index >= 15 is 0 Å². The summed E-state index contributed by atoms with van der Waals surface area (Å²) in [5, 5.41) is 2.96. The highest BCUT2D eigenvalue weighted by Crippen LogP contribution is 2.32. The van der Waals surface area contributed by atoms with E-state index in [-0.39, 0.29) is 17.3 Å². The Hall–Kier alpha value is -2.91. The zero-order chi connectivity index (χ0) is 25.1. The van der Waals surface area contributed by atoms with E-state index in [0.29, 0.717) is 24.3 Å². The van der Waals surface area contributed by atoms with Gasteiger partial charge in [0, 0.05) is 38.3 Å². The molecule has 9 heteroatoms. The van der Waals surface area contributed by atoms with Crippen LogP contribution in [0.3, 0.4) is 0 Å². The average molecular weight is 510 g/mol. The van der Waals surface area contributed by atoms with E-state index in [0.717, 1.165) is 75.0 Å². The van der Waals surface area contributed by atoms with Crippen LogP contribution in [-0.4, -0.2) is 54.4 Å². The predicted molar refractivity (Wildman–Crippen MR) is 142 cm³/mol. The minimum Gasteiger partial charge on any atom is -0.370 e. The van der Waals surface area contributed by atoms with E-state index in [2.05, 4.69) is 26.7 Å². The summed E-state index contributed by atoms with van der Waals surface area (Å²) in [5.74, 6) is 0.475. The summed E-state index contributed by atoms with van der Waals surface area (Å²) in [4.78, 5) is 20.3. The number of nitrogens with one attached hydrogen (secondary N) is 1. The van der Waals surface area contributed by atoms with Gasteiger partial charge in [-0.25, -0.2) is 13.4 Å². The van der Waals surface area contributed by atoms with E-state index in [4.69, 9.17) is 0 Å². The number of hydrogen-bond acceptors (Lipinski definition) is 5. The number of fused-ring (bicyclic) bond motifs is 1. The molecule has 2 aliphatic rings. The number of sulfonamides is 1. The topological polar surface area (TPSA) is 87.5 Å². The summed E-state index contributed by atoms with van der Waals surface area (Å²) >= 11 is 0. The second-order valence-corrected chi connectivity index (χ2v) is 11.5. The highest BCUT2D eigenvalue weighted by Gasteiger charge is 2.31. The molecule has 2 fully saturated rings. The Bertz CT molecular complexity index is 1340. The first-order valence-corrected chi connectivity index (χ1v) is 14.5. The standard InChI is InChI=1S/C27H35N5O3S/c1-2-32-23-12-6-5-11-22(23)29-26(32)20-28-27(33)21-13-14-24(30-15-7-3-8-16-30)25(19-21)36(34,35)31-17-9-4-10-18-31/h5-6,11-14,19H,2-4,7-10,15-18,20H2,1H3,(H,28,33). The van der Waals surface area contributed by atoms with Gasteiger partial charge in [0.05, 0.1) is 23.3 Å². The third-order valence-corrected chi connectivity index (χ3v) is 9.24. The number of amides is 1. The molecule has 3 heterocycles. The third-order valence-electron chi connectivity index (χ3n) is 7.31. The number of aromatic nitrogens is 2. The zero-order valence-corrected chi connectivity index (χ0v) is 21.8. The van der Waals surface area contributed by atoms with E-state index in [1.807, 2.05) is 30.3 Å². The van der Waals surface area contributed by atoms with Gasteiger partial charge in [-0.3, -0.25) is 4.79 Å². The molecule has 0 atom stereocenters. The number of carbonyl (C=O) groups excluding carboxylic acids is 1. The van der Waals surface area contributed by atoms with Crippen molar-refractivity contribution >= 4 is 32.7 Å². The van der Waals surface area contributed by atoms with Gasteiger partial charge >= 0.3 is 0 Å². The van der Waals surface area contributed by atoms with E-state index in [1.54, 1.807) is 16.4 Å². The van der Waals surface area contributed by atoms with Crippen LogP contribution in [0, 0.1) is 0 Å². The van der Waals surface area contributed by atoms with Gasteiger partial charge in [-0.1, -0.05) is 18.6 Å². The van der Waals surface area contributed by atoms with Crippen LogP contribution in [0.4, 0.5) is 5.69 Å². The number of anilines is 1. The summed E-state index contributed by atoms with van der Waals surface area (Å²) in [6.45, 7) is 5.80. The first-order valence-electron chi connectivity index (χ1n) is 13.1. The number of piperidine rings is 2. The van der Waals surface area contributed by atoms with Gasteiger partial charge < -0.3 is 14.8 Å². The predicted octanol–water partition coefficient (Wildman–Crippen LogP) is 4.15. The Morgan fingerprint density at radius 1 is 0.944 bits per heavy atom. The average Bonchev–Trinajstić information content (AvgIpc) is 3.30. The van der Waals surface area contributed by atoms with Gasteiger partial charge in [0.2, 0.25) is 10.0 Å². The number of aryl methyl sites for hydroxylation is 1. The summed E-state index contributed by atoms with van der Waals surface area (Å²) in [6, 6.07) is 13.1. The number of para-hydroxylation sites is 2. The Morgan fingerprint density at radius 3 is 2.36 bits per heavy atom. The molecule has 1 amide bonds. The molecule has 0 spiro atoms. The van der Waals surface area contributed by atoms with Gasteiger partial charge in [-0.05, 0) is 69.4 Å². The van der Waals surface area contributed by atoms with Gasteiger partial charge in [-0.2, -0.15) is 4.31 Å². The van der Waals surface area contributed by atoms with E-state index < -0.39 is 10.0 Å². The molecule has 192 valence electrons. The SMILES string of the molecule is CCn1c(CNC(=O)c2ccc(N3CCCCC3)c(S(=O)(=O)N3CCCCC3)c2)nc2ccccc21. The first kappa shape index (κ1) is 24.8. The lowest BCUT2D eigenvalue weighted by Gasteiger charge is -2.33. The molecule has 0 radical (unpaired) electrons. The van der Waals surface area contributed by atoms with Crippen molar-refractivity contribution < 1.29 is 13.2 Å². The monoisotopic (exact) mass is 509 g/mol. The van der Waals surface area contributed by atoms with Gasteiger partial charge in [-0.15, -0.1) is 0 Å². The van der Waals surface area contributed by atoms with Crippen LogP contribution >= 0.6 is 0 Å². The van der Waals surface area contributed by atoms with Crippen LogP contribution in [0.25, 0.3) is 11.0 Å². The number of hydrogen-bond donors (Lipinski definition) is 1. The molecule has 2 aromatic carbocycles. The molecule has 1 aromatic heterocycles. The second kappa shape index (κ2) is 10.6. The number of benzene rings is 2. The van der Waals surface area contributed by atoms with Crippen molar-refractivity contribution in [1.29, 1.82) is 0 Å². The maximum atomic E-state index is 13.7. The molecular weight excluding hydrogens is 474 g/mol. The number of carbonyl (C=O) groups is 1. The van der Waals surface area contributed by atoms with Crippen LogP contribution in [0.5, 0.6) is 0 Å². The van der Waals surface area contributed by atoms with Crippen molar-refractivity contribution in [3.05, 3.63) is 53.9 Å². The number of rotatable bonds is 7. The van der Waals surface area contributed by atoms with Crippen molar-refractivity contribution in [2.45, 2.75) is 63.4 Å². The maximum Gasteiger partial charge on any atom is 0.251 e. The molecule has 0 bridgehead atoms. The quantitative estimate of drug-likeness (QED) is 0.517. The van der Waals surface area contributed by atoms with Crippen molar-refractivity contribution in [3.8, 4) is 0 Å². The Morgan fingerprint density at radius 2 is 1.64 bits per heavy atom. The molecule has 5 rings (SSSR count). The van der Waals surface area contributed by atoms with Crippen LogP contribution < -0.4 is 10.2 Å². The van der Waals surface area contributed by atoms with E-state index in [1.165, 1.54) is 0 Å². The van der Waals surface area contributed by atoms with Crippen LogP contribution in [0.15, 0.2) is 47.4 Å². The number of imidazole rings is 1. The molecule has 2 saturated heterocycles. The molecule has 0 aliphatic carbocycles. The highest BCUT2D eigenvalue weighted by molar-refractivity contribution is 7.89. The molecule has 2 aliphatic heterocycles. The fourth-order valence-electron chi connectivity index (χ4n) is 5.38. The highest BCUT2D eigenvalue weighted by atomic mass is 32.2. The summed E-state index contributed by atoms with van der Waals surface area (Å²) < 4.78 is 31.2. The molecule has 0 unspecified atom stereocenters. The summed E-state index contributed by atoms with van der Waals surface area (Å²) in [5.41, 5.74) is 2.99.